The summed E-state index contributed by atoms with van der Waals surface area (Å²) in [6.45, 7) is 2.06. The van der Waals surface area contributed by atoms with Crippen molar-refractivity contribution in [1.29, 1.82) is 0 Å². The Bertz CT molecular complexity index is 500. The molecular formula is C11H13BrN4S. The number of aromatic nitrogens is 3. The average Bonchev–Trinajstić information content (AvgIpc) is 2.77. The first-order valence-electron chi connectivity index (χ1n) is 5.36. The summed E-state index contributed by atoms with van der Waals surface area (Å²) in [6.07, 6.45) is 5.23. The number of pyridine rings is 1. The van der Waals surface area contributed by atoms with Gasteiger partial charge in [0.05, 0.1) is 10.6 Å². The topological polar surface area (TPSA) is 64.7 Å². The maximum absolute atomic E-state index is 6.19. The first-order valence-corrected chi connectivity index (χ1v) is 6.93. The number of hydrogen-bond acceptors (Lipinski definition) is 5. The van der Waals surface area contributed by atoms with Crippen LogP contribution in [0, 0.1) is 0 Å². The molecule has 0 aromatic carbocycles. The van der Waals surface area contributed by atoms with Gasteiger partial charge < -0.3 is 5.73 Å². The van der Waals surface area contributed by atoms with E-state index in [2.05, 4.69) is 37.4 Å². The van der Waals surface area contributed by atoms with Crippen LogP contribution in [0.4, 0.5) is 0 Å². The van der Waals surface area contributed by atoms with E-state index in [1.54, 1.807) is 6.20 Å². The number of rotatable bonds is 4. The SMILES string of the molecule is CCc1nnsc1C(N)Cc1cncc(Br)c1. The van der Waals surface area contributed by atoms with E-state index in [1.165, 1.54) is 11.5 Å². The quantitative estimate of drug-likeness (QED) is 0.942. The van der Waals surface area contributed by atoms with Gasteiger partial charge in [-0.3, -0.25) is 4.98 Å². The maximum Gasteiger partial charge on any atom is 0.0801 e. The number of halogens is 1. The van der Waals surface area contributed by atoms with Crippen molar-refractivity contribution in [3.63, 3.8) is 0 Å². The Balaban J connectivity index is 2.14. The van der Waals surface area contributed by atoms with Crippen molar-refractivity contribution in [2.24, 2.45) is 5.73 Å². The molecule has 2 heterocycles. The van der Waals surface area contributed by atoms with Gasteiger partial charge in [0.1, 0.15) is 0 Å². The van der Waals surface area contributed by atoms with Gasteiger partial charge >= 0.3 is 0 Å². The van der Waals surface area contributed by atoms with Gasteiger partial charge in [-0.25, -0.2) is 0 Å². The molecule has 2 rings (SSSR count). The second kappa shape index (κ2) is 5.66. The molecule has 0 amide bonds. The number of hydrogen-bond donors (Lipinski definition) is 1. The molecule has 0 saturated carbocycles. The summed E-state index contributed by atoms with van der Waals surface area (Å²) >= 11 is 4.79. The highest BCUT2D eigenvalue weighted by Crippen LogP contribution is 2.23. The summed E-state index contributed by atoms with van der Waals surface area (Å²) in [5.41, 5.74) is 8.30. The fourth-order valence-electron chi connectivity index (χ4n) is 1.66. The number of nitrogens with two attached hydrogens (primary N) is 1. The molecule has 0 bridgehead atoms. The van der Waals surface area contributed by atoms with E-state index in [1.807, 2.05) is 12.3 Å². The zero-order valence-electron chi connectivity index (χ0n) is 9.43. The summed E-state index contributed by atoms with van der Waals surface area (Å²) in [5.74, 6) is 0. The van der Waals surface area contributed by atoms with Crippen molar-refractivity contribution in [1.82, 2.24) is 14.6 Å². The summed E-state index contributed by atoms with van der Waals surface area (Å²) in [6, 6.07) is 1.98. The Morgan fingerprint density at radius 2 is 2.29 bits per heavy atom. The lowest BCUT2D eigenvalue weighted by Crippen LogP contribution is -2.13. The van der Waals surface area contributed by atoms with Crippen molar-refractivity contribution in [3.8, 4) is 0 Å². The molecule has 0 saturated heterocycles. The van der Waals surface area contributed by atoms with Crippen LogP contribution in [-0.2, 0) is 12.8 Å². The highest BCUT2D eigenvalue weighted by molar-refractivity contribution is 9.10. The van der Waals surface area contributed by atoms with E-state index in [4.69, 9.17) is 5.73 Å². The standard InChI is InChI=1S/C11H13BrN4S/c1-2-10-11(17-16-15-10)9(13)4-7-3-8(12)6-14-5-7/h3,5-6,9H,2,4,13H2,1H3. The van der Waals surface area contributed by atoms with E-state index in [0.717, 1.165) is 33.4 Å². The van der Waals surface area contributed by atoms with Gasteiger partial charge in [-0.15, -0.1) is 5.10 Å². The van der Waals surface area contributed by atoms with Crippen LogP contribution in [-0.4, -0.2) is 14.6 Å². The number of nitrogens with zero attached hydrogens (tertiary/aromatic N) is 3. The Morgan fingerprint density at radius 1 is 1.47 bits per heavy atom. The lowest BCUT2D eigenvalue weighted by molar-refractivity contribution is 0.719. The van der Waals surface area contributed by atoms with Gasteiger partial charge in [0.25, 0.3) is 0 Å². The van der Waals surface area contributed by atoms with E-state index in [9.17, 15) is 0 Å². The molecule has 2 aromatic heterocycles. The molecule has 4 nitrogen and oxygen atoms in total. The molecule has 0 aliphatic carbocycles. The molecule has 6 heteroatoms. The lowest BCUT2D eigenvalue weighted by atomic mass is 10.1. The third kappa shape index (κ3) is 3.08. The molecule has 0 fully saturated rings. The third-order valence-electron chi connectivity index (χ3n) is 2.47. The summed E-state index contributed by atoms with van der Waals surface area (Å²) in [5, 5.41) is 4.08. The minimum atomic E-state index is -0.0546. The van der Waals surface area contributed by atoms with Gasteiger partial charge in [-0.1, -0.05) is 11.4 Å². The van der Waals surface area contributed by atoms with Crippen LogP contribution in [0.25, 0.3) is 0 Å². The van der Waals surface area contributed by atoms with Crippen LogP contribution in [0.3, 0.4) is 0 Å². The minimum Gasteiger partial charge on any atom is -0.323 e. The van der Waals surface area contributed by atoms with Crippen molar-refractivity contribution < 1.29 is 0 Å². The Kier molecular flexibility index (Phi) is 4.20. The van der Waals surface area contributed by atoms with Gasteiger partial charge in [-0.05, 0) is 51.9 Å². The van der Waals surface area contributed by atoms with Crippen molar-refractivity contribution >= 4 is 27.5 Å². The second-order valence-corrected chi connectivity index (χ2v) is 5.46. The van der Waals surface area contributed by atoms with Gasteiger partial charge in [0.15, 0.2) is 0 Å². The molecule has 1 atom stereocenters. The monoisotopic (exact) mass is 312 g/mol. The van der Waals surface area contributed by atoms with Gasteiger partial charge in [-0.2, -0.15) is 0 Å². The van der Waals surface area contributed by atoms with E-state index in [-0.39, 0.29) is 6.04 Å². The zero-order chi connectivity index (χ0) is 12.3. The molecule has 0 spiro atoms. The molecule has 1 unspecified atom stereocenters. The van der Waals surface area contributed by atoms with Crippen LogP contribution in [0.5, 0.6) is 0 Å². The average molecular weight is 313 g/mol. The van der Waals surface area contributed by atoms with Crippen molar-refractivity contribution in [2.45, 2.75) is 25.8 Å². The summed E-state index contributed by atoms with van der Waals surface area (Å²) < 4.78 is 4.93. The van der Waals surface area contributed by atoms with E-state index in [0.29, 0.717) is 0 Å². The first kappa shape index (κ1) is 12.6. The smallest absolute Gasteiger partial charge is 0.0801 e. The molecule has 17 heavy (non-hydrogen) atoms. The fraction of sp³-hybridized carbons (Fsp3) is 0.364. The largest absolute Gasteiger partial charge is 0.323 e. The normalized spacial score (nSPS) is 12.6. The van der Waals surface area contributed by atoms with Crippen LogP contribution >= 0.6 is 27.5 Å². The van der Waals surface area contributed by atoms with Crippen LogP contribution < -0.4 is 5.73 Å². The summed E-state index contributed by atoms with van der Waals surface area (Å²) in [7, 11) is 0. The molecular weight excluding hydrogens is 300 g/mol. The highest BCUT2D eigenvalue weighted by atomic mass is 79.9. The maximum atomic E-state index is 6.19. The molecule has 2 N–H and O–H groups in total. The predicted octanol–water partition coefficient (Wildman–Crippen LogP) is 2.50. The lowest BCUT2D eigenvalue weighted by Gasteiger charge is -2.10. The second-order valence-electron chi connectivity index (χ2n) is 3.76. The Hall–Kier alpha value is -0.850. The van der Waals surface area contributed by atoms with Crippen molar-refractivity contribution in [3.05, 3.63) is 39.1 Å². The van der Waals surface area contributed by atoms with Gasteiger partial charge in [0, 0.05) is 22.9 Å². The van der Waals surface area contributed by atoms with Crippen LogP contribution in [0.1, 0.15) is 29.1 Å². The summed E-state index contributed by atoms with van der Waals surface area (Å²) in [4.78, 5) is 5.21. The molecule has 0 aliphatic rings. The Labute approximate surface area is 113 Å². The molecule has 90 valence electrons. The Morgan fingerprint density at radius 3 is 3.00 bits per heavy atom. The van der Waals surface area contributed by atoms with E-state index < -0.39 is 0 Å². The molecule has 0 radical (unpaired) electrons. The molecule has 0 aliphatic heterocycles. The van der Waals surface area contributed by atoms with Crippen molar-refractivity contribution in [2.75, 3.05) is 0 Å². The van der Waals surface area contributed by atoms with Crippen LogP contribution in [0.2, 0.25) is 0 Å². The third-order valence-corrected chi connectivity index (χ3v) is 3.81. The number of aryl methyl sites for hydroxylation is 1. The molecule has 2 aromatic rings. The van der Waals surface area contributed by atoms with Crippen LogP contribution in [0.15, 0.2) is 22.9 Å². The van der Waals surface area contributed by atoms with E-state index >= 15 is 0 Å². The predicted molar refractivity (Wildman–Crippen MR) is 71.9 cm³/mol. The highest BCUT2D eigenvalue weighted by Gasteiger charge is 2.15. The fourth-order valence-corrected chi connectivity index (χ4v) is 2.81. The zero-order valence-corrected chi connectivity index (χ0v) is 11.8. The first-order chi connectivity index (χ1) is 8.20. The van der Waals surface area contributed by atoms with Gasteiger partial charge in [0.2, 0.25) is 0 Å². The minimum absolute atomic E-state index is 0.0546.